The molecular weight excluding hydrogens is 158 g/mol. The van der Waals surface area contributed by atoms with E-state index in [4.69, 9.17) is 5.26 Å². The Morgan fingerprint density at radius 2 is 2.45 bits per heavy atom. The molecule has 0 aromatic carbocycles. The molecule has 2 heterocycles. The second kappa shape index (κ2) is 2.29. The molecule has 0 aliphatic carbocycles. The summed E-state index contributed by atoms with van der Waals surface area (Å²) in [6.45, 7) is 0. The lowest BCUT2D eigenvalue weighted by molar-refractivity contribution is 1.23. The minimum atomic E-state index is 0.681. The van der Waals surface area contributed by atoms with Gasteiger partial charge in [0, 0.05) is 6.20 Å². The van der Waals surface area contributed by atoms with Gasteiger partial charge in [-0.2, -0.15) is 5.26 Å². The second-order valence-electron chi connectivity index (χ2n) is 1.99. The molecule has 0 radical (unpaired) electrons. The van der Waals surface area contributed by atoms with Gasteiger partial charge in [0.1, 0.15) is 17.3 Å². The zero-order chi connectivity index (χ0) is 7.68. The summed E-state index contributed by atoms with van der Waals surface area (Å²) in [5, 5.41) is 8.55. The van der Waals surface area contributed by atoms with Crippen molar-refractivity contribution in [2.24, 2.45) is 0 Å². The van der Waals surface area contributed by atoms with E-state index < -0.39 is 0 Å². The van der Waals surface area contributed by atoms with E-state index in [1.165, 1.54) is 17.7 Å². The minimum Gasteiger partial charge on any atom is -0.243 e. The van der Waals surface area contributed by atoms with Crippen molar-refractivity contribution in [1.29, 1.82) is 5.26 Å². The quantitative estimate of drug-likeness (QED) is 0.589. The van der Waals surface area contributed by atoms with Crippen molar-refractivity contribution in [3.8, 4) is 6.07 Å². The molecule has 0 atom stereocenters. The number of rotatable bonds is 0. The van der Waals surface area contributed by atoms with Gasteiger partial charge in [0.25, 0.3) is 0 Å². The molecule has 0 amide bonds. The summed E-state index contributed by atoms with van der Waals surface area (Å²) in [4.78, 5) is 8.53. The van der Waals surface area contributed by atoms with E-state index in [0.717, 1.165) is 10.2 Å². The minimum absolute atomic E-state index is 0.681. The van der Waals surface area contributed by atoms with Crippen molar-refractivity contribution >= 4 is 21.6 Å². The molecule has 0 unspecified atom stereocenters. The summed E-state index contributed by atoms with van der Waals surface area (Å²) >= 11 is 1.41. The van der Waals surface area contributed by atoms with Crippen LogP contribution in [-0.4, -0.2) is 9.97 Å². The third-order valence-corrected chi connectivity index (χ3v) is 2.27. The fraction of sp³-hybridized carbons (Fsp3) is 0. The summed E-state index contributed by atoms with van der Waals surface area (Å²) in [6.07, 6.45) is 3.20. The van der Waals surface area contributed by atoms with Gasteiger partial charge in [-0.25, -0.2) is 9.97 Å². The number of nitriles is 1. The fourth-order valence-electron chi connectivity index (χ4n) is 0.841. The summed E-state index contributed by atoms with van der Waals surface area (Å²) < 4.78 is 0.962. The van der Waals surface area contributed by atoms with Gasteiger partial charge in [0.05, 0.1) is 10.2 Å². The lowest BCUT2D eigenvalue weighted by Crippen LogP contribution is -1.72. The smallest absolute Gasteiger partial charge is 0.116 e. The van der Waals surface area contributed by atoms with Crippen LogP contribution in [0, 0.1) is 11.3 Å². The van der Waals surface area contributed by atoms with E-state index in [2.05, 4.69) is 16.0 Å². The van der Waals surface area contributed by atoms with Crippen molar-refractivity contribution < 1.29 is 0 Å². The summed E-state index contributed by atoms with van der Waals surface area (Å²) in [5.74, 6) is 0. The SMILES string of the molecule is N#Cc1cc2ncncc2s1. The molecule has 0 saturated heterocycles. The summed E-state index contributed by atoms with van der Waals surface area (Å²) in [5.41, 5.74) is 0.849. The first kappa shape index (κ1) is 6.25. The van der Waals surface area contributed by atoms with Crippen LogP contribution in [0.5, 0.6) is 0 Å². The molecule has 52 valence electrons. The van der Waals surface area contributed by atoms with Crippen LogP contribution < -0.4 is 0 Å². The monoisotopic (exact) mass is 161 g/mol. The van der Waals surface area contributed by atoms with Crippen LogP contribution >= 0.6 is 11.3 Å². The van der Waals surface area contributed by atoms with Crippen LogP contribution in [-0.2, 0) is 0 Å². The topological polar surface area (TPSA) is 49.6 Å². The largest absolute Gasteiger partial charge is 0.243 e. The molecule has 2 aromatic heterocycles. The Morgan fingerprint density at radius 3 is 3.18 bits per heavy atom. The van der Waals surface area contributed by atoms with Crippen LogP contribution in [0.3, 0.4) is 0 Å². The molecule has 2 rings (SSSR count). The first-order valence-corrected chi connectivity index (χ1v) is 3.81. The molecule has 0 saturated carbocycles. The lowest BCUT2D eigenvalue weighted by Gasteiger charge is -1.80. The number of thiophene rings is 1. The van der Waals surface area contributed by atoms with Crippen LogP contribution in [0.15, 0.2) is 18.6 Å². The molecule has 0 aliphatic heterocycles. The average Bonchev–Trinajstić information content (AvgIpc) is 2.46. The molecular formula is C7H3N3S. The Bertz CT molecular complexity index is 393. The predicted molar refractivity (Wildman–Crippen MR) is 42.1 cm³/mol. The van der Waals surface area contributed by atoms with Crippen LogP contribution in [0.25, 0.3) is 10.2 Å². The zero-order valence-corrected chi connectivity index (χ0v) is 6.30. The van der Waals surface area contributed by atoms with E-state index in [1.54, 1.807) is 12.3 Å². The highest BCUT2D eigenvalue weighted by atomic mass is 32.1. The highest BCUT2D eigenvalue weighted by Gasteiger charge is 1.99. The van der Waals surface area contributed by atoms with Gasteiger partial charge in [0.2, 0.25) is 0 Å². The number of fused-ring (bicyclic) bond motifs is 1. The van der Waals surface area contributed by atoms with E-state index in [9.17, 15) is 0 Å². The van der Waals surface area contributed by atoms with Gasteiger partial charge in [-0.15, -0.1) is 11.3 Å². The molecule has 0 spiro atoms. The van der Waals surface area contributed by atoms with Gasteiger partial charge >= 0.3 is 0 Å². The van der Waals surface area contributed by atoms with E-state index in [-0.39, 0.29) is 0 Å². The third-order valence-electron chi connectivity index (χ3n) is 1.31. The normalized spacial score (nSPS) is 9.73. The fourth-order valence-corrected chi connectivity index (χ4v) is 1.62. The van der Waals surface area contributed by atoms with Crippen molar-refractivity contribution in [3.05, 3.63) is 23.5 Å². The Balaban J connectivity index is 2.81. The van der Waals surface area contributed by atoms with Gasteiger partial charge in [-0.1, -0.05) is 0 Å². The third kappa shape index (κ3) is 0.954. The standard InChI is InChI=1S/C7H3N3S/c8-2-5-1-6-7(11-5)3-9-4-10-6/h1,3-4H. The van der Waals surface area contributed by atoms with Gasteiger partial charge in [-0.3, -0.25) is 0 Å². The summed E-state index contributed by atoms with van der Waals surface area (Å²) in [6, 6.07) is 3.83. The van der Waals surface area contributed by atoms with Gasteiger partial charge < -0.3 is 0 Å². The number of hydrogen-bond acceptors (Lipinski definition) is 4. The van der Waals surface area contributed by atoms with Crippen molar-refractivity contribution in [3.63, 3.8) is 0 Å². The Kier molecular flexibility index (Phi) is 1.30. The Morgan fingerprint density at radius 1 is 1.55 bits per heavy atom. The van der Waals surface area contributed by atoms with E-state index >= 15 is 0 Å². The Hall–Kier alpha value is -1.47. The Labute approximate surface area is 67.0 Å². The predicted octanol–water partition coefficient (Wildman–Crippen LogP) is 1.56. The van der Waals surface area contributed by atoms with Crippen LogP contribution in [0.4, 0.5) is 0 Å². The van der Waals surface area contributed by atoms with Gasteiger partial charge in [-0.05, 0) is 6.07 Å². The lowest BCUT2D eigenvalue weighted by atomic mass is 10.4. The molecule has 2 aromatic rings. The molecule has 4 heteroatoms. The van der Waals surface area contributed by atoms with E-state index in [0.29, 0.717) is 4.88 Å². The van der Waals surface area contributed by atoms with Crippen molar-refractivity contribution in [2.75, 3.05) is 0 Å². The highest BCUT2D eigenvalue weighted by Crippen LogP contribution is 2.21. The molecule has 11 heavy (non-hydrogen) atoms. The number of nitrogens with zero attached hydrogens (tertiary/aromatic N) is 3. The molecule has 0 fully saturated rings. The second-order valence-corrected chi connectivity index (χ2v) is 3.08. The van der Waals surface area contributed by atoms with Crippen LogP contribution in [0.2, 0.25) is 0 Å². The van der Waals surface area contributed by atoms with Crippen molar-refractivity contribution in [1.82, 2.24) is 9.97 Å². The molecule has 0 N–H and O–H groups in total. The maximum Gasteiger partial charge on any atom is 0.116 e. The maximum atomic E-state index is 8.55. The average molecular weight is 161 g/mol. The number of hydrogen-bond donors (Lipinski definition) is 0. The summed E-state index contributed by atoms with van der Waals surface area (Å²) in [7, 11) is 0. The first-order valence-electron chi connectivity index (χ1n) is 3.00. The molecule has 0 aliphatic rings. The maximum absolute atomic E-state index is 8.55. The molecule has 3 nitrogen and oxygen atoms in total. The molecule has 0 bridgehead atoms. The zero-order valence-electron chi connectivity index (χ0n) is 5.48. The van der Waals surface area contributed by atoms with Gasteiger partial charge in [0.15, 0.2) is 0 Å². The van der Waals surface area contributed by atoms with Crippen LogP contribution in [0.1, 0.15) is 4.88 Å². The van der Waals surface area contributed by atoms with Crippen molar-refractivity contribution in [2.45, 2.75) is 0 Å². The first-order chi connectivity index (χ1) is 5.40. The highest BCUT2D eigenvalue weighted by molar-refractivity contribution is 7.19. The van der Waals surface area contributed by atoms with E-state index in [1.807, 2.05) is 0 Å². The number of aromatic nitrogens is 2.